The summed E-state index contributed by atoms with van der Waals surface area (Å²) in [7, 11) is -4.14. The zero-order chi connectivity index (χ0) is 29.3. The van der Waals surface area contributed by atoms with Crippen molar-refractivity contribution < 1.29 is 22.7 Å². The number of rotatable bonds is 13. The number of sulfonamides is 1. The van der Waals surface area contributed by atoms with Gasteiger partial charge in [0.2, 0.25) is 11.8 Å². The number of carbonyl (C=O) groups is 2. The topological polar surface area (TPSA) is 96.0 Å². The molecule has 0 unspecified atom stereocenters. The predicted molar refractivity (Wildman–Crippen MR) is 161 cm³/mol. The number of halogens is 1. The molecule has 0 aliphatic rings. The van der Waals surface area contributed by atoms with E-state index in [-0.39, 0.29) is 17.3 Å². The van der Waals surface area contributed by atoms with Crippen LogP contribution < -0.4 is 14.4 Å². The van der Waals surface area contributed by atoms with Gasteiger partial charge >= 0.3 is 0 Å². The van der Waals surface area contributed by atoms with E-state index in [2.05, 4.69) is 21.2 Å². The Bertz CT molecular complexity index is 1380. The maximum Gasteiger partial charge on any atom is 0.264 e. The summed E-state index contributed by atoms with van der Waals surface area (Å²) in [5.74, 6) is -0.191. The van der Waals surface area contributed by atoms with E-state index in [1.54, 1.807) is 36.4 Å². The largest absolute Gasteiger partial charge is 0.494 e. The van der Waals surface area contributed by atoms with E-state index in [0.717, 1.165) is 19.9 Å². The Morgan fingerprint density at radius 1 is 0.925 bits per heavy atom. The van der Waals surface area contributed by atoms with Crippen molar-refractivity contribution in [1.29, 1.82) is 0 Å². The van der Waals surface area contributed by atoms with Gasteiger partial charge in [-0.1, -0.05) is 52.7 Å². The Labute approximate surface area is 245 Å². The summed E-state index contributed by atoms with van der Waals surface area (Å²) in [5.41, 5.74) is 2.21. The van der Waals surface area contributed by atoms with Gasteiger partial charge in [-0.3, -0.25) is 13.9 Å². The molecule has 214 valence electrons. The van der Waals surface area contributed by atoms with E-state index in [1.807, 2.05) is 52.0 Å². The zero-order valence-electron chi connectivity index (χ0n) is 23.3. The fourth-order valence-electron chi connectivity index (χ4n) is 4.24. The molecule has 0 saturated carbocycles. The first kappa shape index (κ1) is 31.2. The van der Waals surface area contributed by atoms with Gasteiger partial charge in [-0.25, -0.2) is 8.42 Å². The van der Waals surface area contributed by atoms with Gasteiger partial charge in [0.25, 0.3) is 10.0 Å². The van der Waals surface area contributed by atoms with Crippen LogP contribution in [0.5, 0.6) is 5.75 Å². The molecule has 0 fully saturated rings. The number of aryl methyl sites for hydroxylation is 1. The predicted octanol–water partition coefficient (Wildman–Crippen LogP) is 5.30. The van der Waals surface area contributed by atoms with Gasteiger partial charge in [0.15, 0.2) is 0 Å². The zero-order valence-corrected chi connectivity index (χ0v) is 25.7. The third kappa shape index (κ3) is 7.85. The molecular weight excluding hydrogens is 594 g/mol. The smallest absolute Gasteiger partial charge is 0.264 e. The minimum absolute atomic E-state index is 0.0400. The summed E-state index contributed by atoms with van der Waals surface area (Å²) in [6, 6.07) is 19.7. The van der Waals surface area contributed by atoms with Crippen molar-refractivity contribution in [1.82, 2.24) is 10.2 Å². The summed E-state index contributed by atoms with van der Waals surface area (Å²) in [6.45, 7) is 8.02. The second-order valence-electron chi connectivity index (χ2n) is 9.22. The van der Waals surface area contributed by atoms with E-state index in [9.17, 15) is 18.0 Å². The maximum absolute atomic E-state index is 14.0. The molecule has 40 heavy (non-hydrogen) atoms. The Kier molecular flexibility index (Phi) is 11.2. The lowest BCUT2D eigenvalue weighted by Crippen LogP contribution is -2.52. The quantitative estimate of drug-likeness (QED) is 0.277. The number of nitrogens with one attached hydrogen (secondary N) is 1. The fraction of sp³-hybridized carbons (Fsp3) is 0.333. The third-order valence-corrected chi connectivity index (χ3v) is 8.64. The van der Waals surface area contributed by atoms with E-state index < -0.39 is 28.5 Å². The number of nitrogens with zero attached hydrogens (tertiary/aromatic N) is 2. The molecule has 1 atom stereocenters. The molecular formula is C30H36BrN3O5S. The molecule has 3 aromatic rings. The minimum atomic E-state index is -4.14. The molecule has 0 radical (unpaired) electrons. The second-order valence-corrected chi connectivity index (χ2v) is 12.0. The average molecular weight is 631 g/mol. The first-order valence-corrected chi connectivity index (χ1v) is 15.5. The van der Waals surface area contributed by atoms with Crippen LogP contribution in [0.25, 0.3) is 0 Å². The number of carbonyl (C=O) groups excluding carboxylic acids is 2. The molecule has 8 nitrogen and oxygen atoms in total. The van der Waals surface area contributed by atoms with Crippen LogP contribution >= 0.6 is 15.9 Å². The van der Waals surface area contributed by atoms with Crippen molar-refractivity contribution >= 4 is 43.5 Å². The van der Waals surface area contributed by atoms with Crippen molar-refractivity contribution in [2.45, 2.75) is 51.6 Å². The van der Waals surface area contributed by atoms with Crippen molar-refractivity contribution in [3.8, 4) is 5.75 Å². The number of hydrogen-bond donors (Lipinski definition) is 1. The third-order valence-electron chi connectivity index (χ3n) is 6.33. The van der Waals surface area contributed by atoms with Crippen LogP contribution in [0.3, 0.4) is 0 Å². The number of hydrogen-bond acceptors (Lipinski definition) is 5. The van der Waals surface area contributed by atoms with Gasteiger partial charge in [-0.15, -0.1) is 0 Å². The molecule has 3 aromatic carbocycles. The Hall–Kier alpha value is -3.37. The molecule has 0 aliphatic carbocycles. The van der Waals surface area contributed by atoms with Crippen molar-refractivity contribution in [2.24, 2.45) is 0 Å². The lowest BCUT2D eigenvalue weighted by Gasteiger charge is -2.33. The standard InChI is InChI=1S/C30H36BrN3O5S/c1-5-28(30(36)32-6-2)33(20-23-10-8-22(4)9-11-23)29(35)21-34(25-14-16-26(17-15-25)39-7-3)40(37,38)27-18-12-24(31)13-19-27/h8-19,28H,5-7,20-21H2,1-4H3,(H,32,36)/t28-/m1/s1. The Morgan fingerprint density at radius 2 is 1.55 bits per heavy atom. The van der Waals surface area contributed by atoms with Crippen LogP contribution in [-0.4, -0.2) is 50.9 Å². The molecule has 0 aliphatic heterocycles. The molecule has 0 spiro atoms. The van der Waals surface area contributed by atoms with Crippen LogP contribution in [0.15, 0.2) is 82.2 Å². The van der Waals surface area contributed by atoms with Crippen LogP contribution in [0.1, 0.15) is 38.3 Å². The van der Waals surface area contributed by atoms with Crippen molar-refractivity contribution in [3.63, 3.8) is 0 Å². The van der Waals surface area contributed by atoms with Crippen LogP contribution in [0, 0.1) is 6.92 Å². The normalized spacial score (nSPS) is 11.9. The Balaban J connectivity index is 2.05. The summed E-state index contributed by atoms with van der Waals surface area (Å²) in [6.07, 6.45) is 0.367. The average Bonchev–Trinajstić information content (AvgIpc) is 2.93. The van der Waals surface area contributed by atoms with Gasteiger partial charge in [0.1, 0.15) is 18.3 Å². The lowest BCUT2D eigenvalue weighted by molar-refractivity contribution is -0.140. The summed E-state index contributed by atoms with van der Waals surface area (Å²) < 4.78 is 35.2. The van der Waals surface area contributed by atoms with Crippen LogP contribution in [0.4, 0.5) is 5.69 Å². The van der Waals surface area contributed by atoms with E-state index in [0.29, 0.717) is 31.0 Å². The van der Waals surface area contributed by atoms with Gasteiger partial charge < -0.3 is 15.0 Å². The summed E-state index contributed by atoms with van der Waals surface area (Å²) >= 11 is 3.34. The molecule has 0 aromatic heterocycles. The molecule has 0 saturated heterocycles. The summed E-state index contributed by atoms with van der Waals surface area (Å²) in [4.78, 5) is 28.5. The van der Waals surface area contributed by atoms with Gasteiger partial charge in [-0.2, -0.15) is 0 Å². The van der Waals surface area contributed by atoms with Gasteiger partial charge in [-0.05, 0) is 81.3 Å². The first-order valence-electron chi connectivity index (χ1n) is 13.2. The number of anilines is 1. The number of ether oxygens (including phenoxy) is 1. The van der Waals surface area contributed by atoms with Crippen LogP contribution in [0.2, 0.25) is 0 Å². The highest BCUT2D eigenvalue weighted by molar-refractivity contribution is 9.10. The van der Waals surface area contributed by atoms with Crippen LogP contribution in [-0.2, 0) is 26.2 Å². The fourth-order valence-corrected chi connectivity index (χ4v) is 5.92. The SMILES string of the molecule is CCNC(=O)[C@@H](CC)N(Cc1ccc(C)cc1)C(=O)CN(c1ccc(OCC)cc1)S(=O)(=O)c1ccc(Br)cc1. The molecule has 10 heteroatoms. The molecule has 2 amide bonds. The minimum Gasteiger partial charge on any atom is -0.494 e. The highest BCUT2D eigenvalue weighted by Crippen LogP contribution is 2.27. The van der Waals surface area contributed by atoms with E-state index >= 15 is 0 Å². The first-order chi connectivity index (χ1) is 19.1. The molecule has 3 rings (SSSR count). The Morgan fingerprint density at radius 3 is 2.10 bits per heavy atom. The number of benzene rings is 3. The number of amides is 2. The molecule has 0 heterocycles. The van der Waals surface area contributed by atoms with Crippen molar-refractivity contribution in [2.75, 3.05) is 24.0 Å². The lowest BCUT2D eigenvalue weighted by atomic mass is 10.1. The molecule has 1 N–H and O–H groups in total. The van der Waals surface area contributed by atoms with E-state index in [4.69, 9.17) is 4.74 Å². The highest BCUT2D eigenvalue weighted by Gasteiger charge is 2.33. The second kappa shape index (κ2) is 14.3. The van der Waals surface area contributed by atoms with Gasteiger partial charge in [0.05, 0.1) is 17.2 Å². The maximum atomic E-state index is 14.0. The van der Waals surface area contributed by atoms with Gasteiger partial charge in [0, 0.05) is 17.6 Å². The highest BCUT2D eigenvalue weighted by atomic mass is 79.9. The van der Waals surface area contributed by atoms with E-state index in [1.165, 1.54) is 17.0 Å². The monoisotopic (exact) mass is 629 g/mol. The number of likely N-dealkylation sites (N-methyl/N-ethyl adjacent to an activating group) is 1. The molecule has 0 bridgehead atoms. The summed E-state index contributed by atoms with van der Waals surface area (Å²) in [5, 5.41) is 2.81. The van der Waals surface area contributed by atoms with Crippen molar-refractivity contribution in [3.05, 3.63) is 88.4 Å².